The molecule has 2 aromatic carbocycles. The van der Waals surface area contributed by atoms with E-state index in [2.05, 4.69) is 31.5 Å². The van der Waals surface area contributed by atoms with Gasteiger partial charge < -0.3 is 69.7 Å². The van der Waals surface area contributed by atoms with Gasteiger partial charge in [0.25, 0.3) is 11.4 Å². The number of Topliss-reactive ketones (excluding diaryl/α,β-unsaturated/α-hetero) is 2. The van der Waals surface area contributed by atoms with Crippen molar-refractivity contribution in [1.82, 2.24) is 21.5 Å². The van der Waals surface area contributed by atoms with Crippen molar-refractivity contribution in [2.75, 3.05) is 70.2 Å². The normalized spacial score (nSPS) is 10.3. The summed E-state index contributed by atoms with van der Waals surface area (Å²) in [6.07, 6.45) is 5.20. The number of benzene rings is 2. The van der Waals surface area contributed by atoms with Crippen molar-refractivity contribution in [2.45, 2.75) is 89.9 Å². The Bertz CT molecular complexity index is 1990. The van der Waals surface area contributed by atoms with Crippen molar-refractivity contribution >= 4 is 123 Å². The molecule has 32 heteroatoms. The van der Waals surface area contributed by atoms with Crippen LogP contribution in [-0.2, 0) is 19.1 Å². The summed E-state index contributed by atoms with van der Waals surface area (Å²) in [5.41, 5.74) is 17.7. The summed E-state index contributed by atoms with van der Waals surface area (Å²) in [6.45, 7) is 8.81. The number of unbranched alkanes of at least 4 members (excludes halogenated alkanes) is 1. The van der Waals surface area contributed by atoms with Crippen molar-refractivity contribution in [3.63, 3.8) is 0 Å². The maximum absolute atomic E-state index is 12.3. The number of nitrogens with one attached hydrogen (secondary N) is 6. The molecule has 0 atom stereocenters. The number of guanidine groups is 1. The fourth-order valence-corrected chi connectivity index (χ4v) is 10.5. The van der Waals surface area contributed by atoms with E-state index in [1.165, 1.54) is 44.5 Å². The molecule has 432 valence electrons. The van der Waals surface area contributed by atoms with Gasteiger partial charge >= 0.3 is 17.9 Å². The number of nitrogens with two attached hydrogens (primary N) is 4. The molecule has 14 N–H and O–H groups in total. The van der Waals surface area contributed by atoms with Gasteiger partial charge in [-0.15, -0.1) is 0 Å². The van der Waals surface area contributed by atoms with E-state index in [-0.39, 0.29) is 107 Å². The van der Waals surface area contributed by atoms with Crippen molar-refractivity contribution in [2.24, 2.45) is 11.5 Å². The molecule has 0 aliphatic carbocycles. The number of hydrogen-bond donors (Lipinski definition) is 10. The second-order valence-electron chi connectivity index (χ2n) is 14.6. The van der Waals surface area contributed by atoms with Crippen LogP contribution < -0.4 is 103 Å². The Balaban J connectivity index is -0.000000203. The van der Waals surface area contributed by atoms with Crippen molar-refractivity contribution in [3.8, 4) is 0 Å². The minimum Gasteiger partial charge on any atom is -1.00 e. The molecule has 0 aliphatic heterocycles. The summed E-state index contributed by atoms with van der Waals surface area (Å²) in [6, 6.07) is 7.60. The van der Waals surface area contributed by atoms with Gasteiger partial charge in [0, 0.05) is 80.1 Å². The van der Waals surface area contributed by atoms with Crippen molar-refractivity contribution in [1.29, 1.82) is 0 Å². The van der Waals surface area contributed by atoms with Crippen LogP contribution in [0.25, 0.3) is 0 Å². The summed E-state index contributed by atoms with van der Waals surface area (Å²) in [5.74, 6) is 3.04. The highest BCUT2D eigenvalue weighted by Gasteiger charge is 2.24. The summed E-state index contributed by atoms with van der Waals surface area (Å²) < 4.78 is 9.91. The van der Waals surface area contributed by atoms with Crippen LogP contribution in [-0.4, -0.2) is 127 Å². The van der Waals surface area contributed by atoms with Crippen LogP contribution in [0.2, 0.25) is 0 Å². The van der Waals surface area contributed by atoms with Crippen LogP contribution in [0, 0.1) is 20.2 Å². The van der Waals surface area contributed by atoms with Crippen LogP contribution >= 0.6 is 64.8 Å². The third-order valence-corrected chi connectivity index (χ3v) is 15.1. The molecule has 2 aromatic rings. The molecule has 0 radical (unpaired) electrons. The zero-order chi connectivity index (χ0) is 52.7. The van der Waals surface area contributed by atoms with E-state index in [1.54, 1.807) is 21.6 Å². The van der Waals surface area contributed by atoms with Gasteiger partial charge in [0.2, 0.25) is 5.84 Å². The smallest absolute Gasteiger partial charge is 0.359 e. The molecule has 0 fully saturated rings. The average Bonchev–Trinajstić information content (AvgIpc) is 3.30. The molecule has 0 spiro atoms. The summed E-state index contributed by atoms with van der Waals surface area (Å²) in [5, 5.41) is 39.8. The molecule has 0 amide bonds. The molecular weight excluding hydrogens is 1180 g/mol. The average molecular weight is 1260 g/mol. The molecule has 0 saturated carbocycles. The number of rotatable bonds is 34. The summed E-state index contributed by atoms with van der Waals surface area (Å²) in [7, 11) is 13.2. The lowest BCUT2D eigenvalue weighted by Gasteiger charge is -2.08. The number of amidine groups is 1. The first-order chi connectivity index (χ1) is 33.3. The van der Waals surface area contributed by atoms with E-state index in [9.17, 15) is 39.4 Å². The monoisotopic (exact) mass is 1250 g/mol. The summed E-state index contributed by atoms with van der Waals surface area (Å²) >= 11 is 0. The van der Waals surface area contributed by atoms with Crippen LogP contribution in [0.3, 0.4) is 0 Å². The van der Waals surface area contributed by atoms with E-state index in [1.807, 2.05) is 49.5 Å². The molecule has 0 aliphatic rings. The number of hydrogen-bond acceptors (Lipinski definition) is 19. The molecule has 0 aromatic heterocycles. The highest BCUT2D eigenvalue weighted by Crippen LogP contribution is 2.40. The number of ketones is 2. The number of ether oxygens (including phenoxy) is 2. The largest absolute Gasteiger partial charge is 1.00 e. The molecule has 2 rings (SSSR count). The van der Waals surface area contributed by atoms with E-state index < -0.39 is 33.2 Å². The Morgan fingerprint density at radius 3 is 1.51 bits per heavy atom. The highest BCUT2D eigenvalue weighted by molar-refractivity contribution is 8.77. The molecule has 0 unspecified atom stereocenters. The standard InChI is InChI=1S/C22H20N2O10S2.C12H26N4S2.C8H20N6S2.CH4.4ClH.H2/c1-13(25)7-9-33-21(27)17-11-15(3-5-19(17)23(29)30)35-36-16-4-6-20(24(31)32)18(12-16)22(28)34-10-8-14(2)26;1-11(13)5-9-17-18-10-6-12(14)16-8-4-3-7-15-2;1-7(9)3-4-15-16-6-12-8(10)14-13-5-11-2;;;;;;/h3-6,11-12H,7-10H2,1-2H3;13,15H,3-10H2,1-2H3,(H2,14,16);9,11,13H,3-6H2,1-2H3,(H3,10,12,14);1H4;5*1H. The van der Waals surface area contributed by atoms with Gasteiger partial charge in [-0.2, -0.15) is 5.43 Å². The van der Waals surface area contributed by atoms with Crippen molar-refractivity contribution < 1.29 is 110 Å². The van der Waals surface area contributed by atoms with E-state index in [0.29, 0.717) is 22.4 Å². The molecular formula is C43H76Cl4N12O10S6. The third kappa shape index (κ3) is 45.5. The third-order valence-electron chi connectivity index (χ3n) is 8.17. The summed E-state index contributed by atoms with van der Waals surface area (Å²) in [4.78, 5) is 75.0. The van der Waals surface area contributed by atoms with Gasteiger partial charge in [-0.25, -0.2) is 15.0 Å². The van der Waals surface area contributed by atoms with Crippen molar-refractivity contribution in [3.05, 3.63) is 67.8 Å². The molecule has 75 heavy (non-hydrogen) atoms. The Morgan fingerprint density at radius 2 is 1.11 bits per heavy atom. The van der Waals surface area contributed by atoms with Crippen LogP contribution in [0.5, 0.6) is 0 Å². The van der Waals surface area contributed by atoms with Gasteiger partial charge in [-0.3, -0.25) is 62.1 Å². The van der Waals surface area contributed by atoms with Crippen LogP contribution in [0.1, 0.15) is 102 Å². The number of carbonyl (C=O) groups is 4. The fourth-order valence-electron chi connectivity index (χ4n) is 4.52. The lowest BCUT2D eigenvalue weighted by Crippen LogP contribution is -3.00. The predicted octanol–water partition coefficient (Wildman–Crippen LogP) is -11.1. The van der Waals surface area contributed by atoms with E-state index >= 15 is 0 Å². The predicted molar refractivity (Wildman–Crippen MR) is 295 cm³/mol. The first-order valence-electron chi connectivity index (χ1n) is 21.7. The van der Waals surface area contributed by atoms with Crippen LogP contribution in [0.4, 0.5) is 11.4 Å². The Morgan fingerprint density at radius 1 is 0.667 bits per heavy atom. The highest BCUT2D eigenvalue weighted by atomic mass is 35.5. The quantitative estimate of drug-likeness (QED) is 0.00455. The maximum atomic E-state index is 12.3. The number of hydrazine groups is 1. The number of halogens is 4. The lowest BCUT2D eigenvalue weighted by molar-refractivity contribution is -0.460. The Kier molecular flexibility index (Phi) is 58.5. The Labute approximate surface area is 490 Å². The first kappa shape index (κ1) is 83.1. The SMILES string of the molecule is C.CC(=O)CCOC(=O)c1cc(SSc2ccc([N+](=O)[O-])c(C(=O)OCCC(C)=O)c2)ccc1[N+](=O)[O-].CNCCCC[NH+]=C(N)CCSSCCC(C)=[NH2+].CNCNNC(N)=[NH+]CSSCCC(C)=[NH2+].[Cl-].[Cl-].[Cl-].[Cl-].[HH]. The zero-order valence-electron chi connectivity index (χ0n) is 42.0. The topological polar surface area (TPSA) is 352 Å². The number of nitrogens with zero attached hydrogens (tertiary/aromatic N) is 2. The minimum atomic E-state index is -0.957. The van der Waals surface area contributed by atoms with E-state index in [0.717, 1.165) is 113 Å². The number of carbonyl (C=O) groups excluding carboxylic acids is 4. The molecule has 0 saturated heterocycles. The van der Waals surface area contributed by atoms with Gasteiger partial charge in [0.1, 0.15) is 40.0 Å². The van der Waals surface area contributed by atoms with Gasteiger partial charge in [-0.1, -0.05) is 72.2 Å². The van der Waals surface area contributed by atoms with Crippen LogP contribution in [0.15, 0.2) is 46.2 Å². The maximum Gasteiger partial charge on any atom is 0.359 e. The second kappa shape index (κ2) is 52.8. The van der Waals surface area contributed by atoms with Gasteiger partial charge in [0.15, 0.2) is 0 Å². The van der Waals surface area contributed by atoms with E-state index in [4.69, 9.17) is 31.8 Å². The van der Waals surface area contributed by atoms with Gasteiger partial charge in [0.05, 0.1) is 42.7 Å². The zero-order valence-corrected chi connectivity index (χ0v) is 49.9. The van der Waals surface area contributed by atoms with Gasteiger partial charge in [-0.05, 0) is 71.6 Å². The molecule has 22 nitrogen and oxygen atoms in total. The fraction of sp³-hybridized carbons (Fsp3) is 0.535. The number of nitro benzene ring substituents is 2. The minimum absolute atomic E-state index is 0. The molecule has 0 bridgehead atoms. The number of esters is 2. The Hall–Kier alpha value is -3.26. The number of nitro groups is 2. The lowest BCUT2D eigenvalue weighted by atomic mass is 10.2. The molecule has 0 heterocycles. The second-order valence-corrected chi connectivity index (χ2v) is 22.1. The first-order valence-corrected chi connectivity index (χ1v) is 28.8.